The molecule has 1 N–H and O–H groups in total. The van der Waals surface area contributed by atoms with Crippen LogP contribution >= 0.6 is 11.3 Å². The number of piperazine rings is 1. The summed E-state index contributed by atoms with van der Waals surface area (Å²) in [5.41, 5.74) is 0.683. The zero-order chi connectivity index (χ0) is 16.5. The Morgan fingerprint density at radius 3 is 2.96 bits per heavy atom. The Morgan fingerprint density at radius 2 is 2.21 bits per heavy atom. The number of nitrogens with zero attached hydrogens (tertiary/aromatic N) is 3. The van der Waals surface area contributed by atoms with E-state index in [1.54, 1.807) is 0 Å². The van der Waals surface area contributed by atoms with Crippen molar-refractivity contribution < 1.29 is 9.53 Å². The molecule has 4 rings (SSSR count). The molecule has 0 bridgehead atoms. The Bertz CT molecular complexity index is 788. The van der Waals surface area contributed by atoms with Gasteiger partial charge in [0.25, 0.3) is 11.5 Å². The fraction of sp³-hybridized carbons (Fsp3) is 0.562. The smallest absolute Gasteiger partial charge is 0.268 e. The van der Waals surface area contributed by atoms with Gasteiger partial charge in [-0.15, -0.1) is 11.3 Å². The maximum absolute atomic E-state index is 12.4. The monoisotopic (exact) mass is 348 g/mol. The van der Waals surface area contributed by atoms with E-state index >= 15 is 0 Å². The summed E-state index contributed by atoms with van der Waals surface area (Å²) in [5, 5.41) is 1.88. The Labute approximate surface area is 143 Å². The van der Waals surface area contributed by atoms with Gasteiger partial charge in [0.05, 0.1) is 12.1 Å². The van der Waals surface area contributed by atoms with Crippen LogP contribution in [-0.4, -0.2) is 64.6 Å². The van der Waals surface area contributed by atoms with E-state index in [1.165, 1.54) is 11.3 Å². The highest BCUT2D eigenvalue weighted by Gasteiger charge is 2.30. The molecule has 2 aliphatic heterocycles. The van der Waals surface area contributed by atoms with Gasteiger partial charge < -0.3 is 14.6 Å². The summed E-state index contributed by atoms with van der Waals surface area (Å²) in [6.07, 6.45) is 1.57. The van der Waals surface area contributed by atoms with Gasteiger partial charge in [0.1, 0.15) is 16.6 Å². The zero-order valence-electron chi connectivity index (χ0n) is 13.4. The zero-order valence-corrected chi connectivity index (χ0v) is 14.2. The number of nitrogens with one attached hydrogen (secondary N) is 1. The molecule has 0 radical (unpaired) electrons. The van der Waals surface area contributed by atoms with Gasteiger partial charge in [0.15, 0.2) is 0 Å². The van der Waals surface area contributed by atoms with E-state index in [4.69, 9.17) is 4.74 Å². The first kappa shape index (κ1) is 15.7. The molecule has 2 saturated heterocycles. The van der Waals surface area contributed by atoms with Crippen LogP contribution < -0.4 is 5.56 Å². The summed E-state index contributed by atoms with van der Waals surface area (Å²) in [5.74, 6) is 0.808. The second kappa shape index (κ2) is 6.62. The summed E-state index contributed by atoms with van der Waals surface area (Å²) in [4.78, 5) is 35.9. The molecule has 0 spiro atoms. The number of ether oxygens (including phenoxy) is 1. The molecule has 24 heavy (non-hydrogen) atoms. The molecule has 2 aliphatic rings. The number of H-pyrrole nitrogens is 1. The summed E-state index contributed by atoms with van der Waals surface area (Å²) in [7, 11) is 0. The quantitative estimate of drug-likeness (QED) is 0.888. The van der Waals surface area contributed by atoms with Crippen molar-refractivity contribution >= 4 is 27.5 Å². The minimum Gasteiger partial charge on any atom is -0.368 e. The standard InChI is InChI=1S/C16H20N4O3S/c21-15-14-11(3-9-24-14)17-13(18-15)10-19-4-6-20(7-5-19)16(22)12-2-1-8-23-12/h3,9,12H,1-2,4-8,10H2,(H,17,18,21)/t12-/m1/s1. The van der Waals surface area contributed by atoms with Gasteiger partial charge in [0, 0.05) is 32.8 Å². The van der Waals surface area contributed by atoms with Crippen LogP contribution in [0.25, 0.3) is 10.2 Å². The second-order valence-electron chi connectivity index (χ2n) is 6.25. The van der Waals surface area contributed by atoms with Crippen LogP contribution in [0, 0.1) is 0 Å². The number of thiophene rings is 1. The van der Waals surface area contributed by atoms with Crippen LogP contribution in [0.2, 0.25) is 0 Å². The van der Waals surface area contributed by atoms with Crippen LogP contribution in [0.1, 0.15) is 18.7 Å². The van der Waals surface area contributed by atoms with Crippen molar-refractivity contribution in [3.05, 3.63) is 27.6 Å². The third-order valence-corrected chi connectivity index (χ3v) is 5.53. The normalized spacial score (nSPS) is 22.3. The summed E-state index contributed by atoms with van der Waals surface area (Å²) < 4.78 is 6.16. The third kappa shape index (κ3) is 3.09. The molecular weight excluding hydrogens is 328 g/mol. The largest absolute Gasteiger partial charge is 0.368 e. The molecule has 0 aromatic carbocycles. The number of amides is 1. The van der Waals surface area contributed by atoms with Crippen molar-refractivity contribution in [2.75, 3.05) is 32.8 Å². The first-order chi connectivity index (χ1) is 11.7. The molecule has 4 heterocycles. The van der Waals surface area contributed by atoms with Gasteiger partial charge >= 0.3 is 0 Å². The van der Waals surface area contributed by atoms with Gasteiger partial charge in [-0.2, -0.15) is 0 Å². The number of hydrogen-bond donors (Lipinski definition) is 1. The Kier molecular flexibility index (Phi) is 4.34. The molecule has 2 aromatic heterocycles. The lowest BCUT2D eigenvalue weighted by atomic mass is 10.2. The van der Waals surface area contributed by atoms with Crippen molar-refractivity contribution in [3.63, 3.8) is 0 Å². The highest BCUT2D eigenvalue weighted by Crippen LogP contribution is 2.17. The van der Waals surface area contributed by atoms with Crippen LogP contribution in [0.3, 0.4) is 0 Å². The van der Waals surface area contributed by atoms with Crippen molar-refractivity contribution in [2.45, 2.75) is 25.5 Å². The van der Waals surface area contributed by atoms with Gasteiger partial charge in [-0.1, -0.05) is 0 Å². The molecular formula is C16H20N4O3S. The summed E-state index contributed by atoms with van der Waals surface area (Å²) >= 11 is 1.41. The van der Waals surface area contributed by atoms with Crippen molar-refractivity contribution in [1.82, 2.24) is 19.8 Å². The molecule has 0 saturated carbocycles. The molecule has 0 aliphatic carbocycles. The topological polar surface area (TPSA) is 78.5 Å². The van der Waals surface area contributed by atoms with Crippen molar-refractivity contribution in [1.29, 1.82) is 0 Å². The van der Waals surface area contributed by atoms with E-state index in [2.05, 4.69) is 14.9 Å². The molecule has 7 nitrogen and oxygen atoms in total. The lowest BCUT2D eigenvalue weighted by Gasteiger charge is -2.35. The van der Waals surface area contributed by atoms with E-state index in [0.717, 1.165) is 31.4 Å². The number of hydrogen-bond acceptors (Lipinski definition) is 6. The molecule has 128 valence electrons. The third-order valence-electron chi connectivity index (χ3n) is 4.63. The number of fused-ring (bicyclic) bond motifs is 1. The second-order valence-corrected chi connectivity index (χ2v) is 7.17. The SMILES string of the molecule is O=C([C@H]1CCCO1)N1CCN(Cc2nc3ccsc3c(=O)[nH]2)CC1. The van der Waals surface area contributed by atoms with E-state index in [9.17, 15) is 9.59 Å². The van der Waals surface area contributed by atoms with E-state index in [-0.39, 0.29) is 17.6 Å². The lowest BCUT2D eigenvalue weighted by molar-refractivity contribution is -0.142. The number of rotatable bonds is 3. The molecule has 1 atom stereocenters. The molecule has 0 unspecified atom stereocenters. The van der Waals surface area contributed by atoms with Gasteiger partial charge in [-0.05, 0) is 24.3 Å². The van der Waals surface area contributed by atoms with Gasteiger partial charge in [-0.25, -0.2) is 4.98 Å². The summed E-state index contributed by atoms with van der Waals surface area (Å²) in [6, 6.07) is 1.87. The van der Waals surface area contributed by atoms with Gasteiger partial charge in [0.2, 0.25) is 0 Å². The maximum Gasteiger partial charge on any atom is 0.268 e. The average Bonchev–Trinajstić information content (AvgIpc) is 3.26. The van der Waals surface area contributed by atoms with Crippen LogP contribution in [0.4, 0.5) is 0 Å². The fourth-order valence-electron chi connectivity index (χ4n) is 3.31. The number of carbonyl (C=O) groups excluding carboxylic acids is 1. The van der Waals surface area contributed by atoms with Crippen LogP contribution in [0.15, 0.2) is 16.2 Å². The fourth-order valence-corrected chi connectivity index (χ4v) is 4.04. The predicted octanol–water partition coefficient (Wildman–Crippen LogP) is 0.808. The number of aromatic nitrogens is 2. The van der Waals surface area contributed by atoms with Crippen LogP contribution in [0.5, 0.6) is 0 Å². The first-order valence-corrected chi connectivity index (χ1v) is 9.18. The Morgan fingerprint density at radius 1 is 1.38 bits per heavy atom. The lowest BCUT2D eigenvalue weighted by Crippen LogP contribution is -2.51. The minimum atomic E-state index is -0.240. The van der Waals surface area contributed by atoms with Crippen LogP contribution in [-0.2, 0) is 16.1 Å². The highest BCUT2D eigenvalue weighted by molar-refractivity contribution is 7.17. The molecule has 8 heteroatoms. The average molecular weight is 348 g/mol. The minimum absolute atomic E-state index is 0.0720. The predicted molar refractivity (Wildman–Crippen MR) is 91.1 cm³/mol. The van der Waals surface area contributed by atoms with E-state index in [0.29, 0.717) is 36.8 Å². The molecule has 2 fully saturated rings. The highest BCUT2D eigenvalue weighted by atomic mass is 32.1. The molecule has 1 amide bonds. The molecule has 2 aromatic rings. The summed E-state index contributed by atoms with van der Waals surface area (Å²) in [6.45, 7) is 4.25. The number of aromatic amines is 1. The Balaban J connectivity index is 1.37. The van der Waals surface area contributed by atoms with E-state index < -0.39 is 0 Å². The number of carbonyl (C=O) groups is 1. The van der Waals surface area contributed by atoms with Gasteiger partial charge in [-0.3, -0.25) is 14.5 Å². The Hall–Kier alpha value is -1.77. The maximum atomic E-state index is 12.4. The first-order valence-electron chi connectivity index (χ1n) is 8.30. The van der Waals surface area contributed by atoms with E-state index in [1.807, 2.05) is 16.3 Å². The van der Waals surface area contributed by atoms with Crippen molar-refractivity contribution in [3.8, 4) is 0 Å². The van der Waals surface area contributed by atoms with Crippen molar-refractivity contribution in [2.24, 2.45) is 0 Å².